The van der Waals surface area contributed by atoms with E-state index in [1.54, 1.807) is 0 Å². The van der Waals surface area contributed by atoms with Gasteiger partial charge in [-0.15, -0.1) is 0 Å². The molecule has 2 aliphatic heterocycles. The van der Waals surface area contributed by atoms with E-state index in [0.717, 1.165) is 25.9 Å². The Morgan fingerprint density at radius 2 is 2.26 bits per heavy atom. The Morgan fingerprint density at radius 1 is 1.48 bits per heavy atom. The molecule has 1 atom stereocenters. The summed E-state index contributed by atoms with van der Waals surface area (Å²) in [6, 6.07) is 0. The summed E-state index contributed by atoms with van der Waals surface area (Å²) in [6.07, 6.45) is 4.59. The Bertz CT molecular complexity index is 727. The molecule has 3 rings (SSSR count). The summed E-state index contributed by atoms with van der Waals surface area (Å²) in [4.78, 5) is 32.7. The maximum atomic E-state index is 12.7. The Morgan fingerprint density at radius 3 is 2.89 bits per heavy atom. The zero-order chi connectivity index (χ0) is 19.3. The quantitative estimate of drug-likeness (QED) is 0.677. The SMILES string of the molecule is O=C(O)NC/C(=C\F)COc1cnc(N2CCCC3(CNC(=O)C3)C2)nc1. The van der Waals surface area contributed by atoms with E-state index in [1.165, 1.54) is 12.4 Å². The molecule has 1 spiro atoms. The number of ether oxygens (including phenoxy) is 1. The molecule has 1 unspecified atom stereocenters. The highest BCUT2D eigenvalue weighted by Crippen LogP contribution is 2.37. The third-order valence-corrected chi connectivity index (χ3v) is 4.80. The van der Waals surface area contributed by atoms with Crippen LogP contribution in [0.2, 0.25) is 0 Å². The van der Waals surface area contributed by atoms with Crippen molar-refractivity contribution >= 4 is 17.9 Å². The van der Waals surface area contributed by atoms with Crippen LogP contribution in [0.15, 0.2) is 24.3 Å². The summed E-state index contributed by atoms with van der Waals surface area (Å²) in [5.41, 5.74) is 0.101. The van der Waals surface area contributed by atoms with E-state index < -0.39 is 6.09 Å². The summed E-state index contributed by atoms with van der Waals surface area (Å²) in [5.74, 6) is 1.02. The summed E-state index contributed by atoms with van der Waals surface area (Å²) in [7, 11) is 0. The minimum Gasteiger partial charge on any atom is -0.486 e. The maximum absolute atomic E-state index is 12.7. The van der Waals surface area contributed by atoms with Crippen LogP contribution in [0.4, 0.5) is 15.1 Å². The van der Waals surface area contributed by atoms with E-state index in [2.05, 4.69) is 25.5 Å². The number of nitrogens with zero attached hydrogens (tertiary/aromatic N) is 3. The number of halogens is 1. The molecule has 0 bridgehead atoms. The smallest absolute Gasteiger partial charge is 0.404 e. The first-order chi connectivity index (χ1) is 13.0. The van der Waals surface area contributed by atoms with E-state index >= 15 is 0 Å². The Kier molecular flexibility index (Phi) is 5.72. The van der Waals surface area contributed by atoms with Crippen LogP contribution in [0, 0.1) is 5.41 Å². The Balaban J connectivity index is 1.55. The first-order valence-corrected chi connectivity index (χ1v) is 8.71. The van der Waals surface area contributed by atoms with E-state index in [9.17, 15) is 14.0 Å². The maximum Gasteiger partial charge on any atom is 0.404 e. The fourth-order valence-corrected chi connectivity index (χ4v) is 3.45. The summed E-state index contributed by atoms with van der Waals surface area (Å²) in [6.45, 7) is 1.97. The lowest BCUT2D eigenvalue weighted by molar-refractivity contribution is -0.119. The molecule has 10 heteroatoms. The number of carbonyl (C=O) groups excluding carboxylic acids is 1. The van der Waals surface area contributed by atoms with E-state index in [-0.39, 0.29) is 30.0 Å². The van der Waals surface area contributed by atoms with Gasteiger partial charge in [0.15, 0.2) is 5.75 Å². The van der Waals surface area contributed by atoms with Crippen LogP contribution in [0.3, 0.4) is 0 Å². The average Bonchev–Trinajstić information content (AvgIpc) is 3.02. The largest absolute Gasteiger partial charge is 0.486 e. The zero-order valence-corrected chi connectivity index (χ0v) is 14.8. The number of piperidine rings is 1. The highest BCUT2D eigenvalue weighted by atomic mass is 19.1. The van der Waals surface area contributed by atoms with Gasteiger partial charge in [0.1, 0.15) is 6.61 Å². The molecule has 0 saturated carbocycles. The molecule has 2 saturated heterocycles. The van der Waals surface area contributed by atoms with Crippen molar-refractivity contribution in [3.05, 3.63) is 24.3 Å². The summed E-state index contributed by atoms with van der Waals surface area (Å²) >= 11 is 0. The second-order valence-electron chi connectivity index (χ2n) is 6.91. The predicted molar refractivity (Wildman–Crippen MR) is 94.3 cm³/mol. The fraction of sp³-hybridized carbons (Fsp3) is 0.529. The fourth-order valence-electron chi connectivity index (χ4n) is 3.45. The van der Waals surface area contributed by atoms with Gasteiger partial charge in [0.25, 0.3) is 0 Å². The lowest BCUT2D eigenvalue weighted by Crippen LogP contribution is -2.45. The van der Waals surface area contributed by atoms with E-state index in [0.29, 0.717) is 31.0 Å². The van der Waals surface area contributed by atoms with Crippen molar-refractivity contribution in [2.45, 2.75) is 19.3 Å². The molecule has 27 heavy (non-hydrogen) atoms. The molecule has 3 N–H and O–H groups in total. The molecule has 3 heterocycles. The van der Waals surface area contributed by atoms with Crippen LogP contribution in [0.1, 0.15) is 19.3 Å². The number of carbonyl (C=O) groups is 2. The van der Waals surface area contributed by atoms with Crippen LogP contribution in [-0.4, -0.2) is 59.9 Å². The predicted octanol–water partition coefficient (Wildman–Crippen LogP) is 1.08. The second-order valence-corrected chi connectivity index (χ2v) is 6.91. The number of hydrogen-bond acceptors (Lipinski definition) is 6. The van der Waals surface area contributed by atoms with Crippen molar-refractivity contribution in [1.82, 2.24) is 20.6 Å². The average molecular weight is 379 g/mol. The van der Waals surface area contributed by atoms with Gasteiger partial charge in [-0.2, -0.15) is 0 Å². The second kappa shape index (κ2) is 8.19. The molecule has 0 radical (unpaired) electrons. The van der Waals surface area contributed by atoms with Crippen LogP contribution in [0.5, 0.6) is 5.75 Å². The summed E-state index contributed by atoms with van der Waals surface area (Å²) < 4.78 is 18.1. The number of rotatable bonds is 6. The first-order valence-electron chi connectivity index (χ1n) is 8.71. The van der Waals surface area contributed by atoms with E-state index in [4.69, 9.17) is 9.84 Å². The van der Waals surface area contributed by atoms with Gasteiger partial charge in [0.05, 0.1) is 18.7 Å². The van der Waals surface area contributed by atoms with Gasteiger partial charge >= 0.3 is 6.09 Å². The lowest BCUT2D eigenvalue weighted by Gasteiger charge is -2.39. The van der Waals surface area contributed by atoms with Gasteiger partial charge in [-0.05, 0) is 12.8 Å². The van der Waals surface area contributed by atoms with E-state index in [1.807, 2.05) is 0 Å². The summed E-state index contributed by atoms with van der Waals surface area (Å²) in [5, 5.41) is 13.5. The van der Waals surface area contributed by atoms with Gasteiger partial charge in [-0.3, -0.25) is 4.79 Å². The number of carboxylic acid groups (broad SMARTS) is 1. The Labute approximate surface area is 155 Å². The minimum atomic E-state index is -1.24. The van der Waals surface area contributed by atoms with Crippen molar-refractivity contribution < 1.29 is 23.8 Å². The molecule has 9 nitrogen and oxygen atoms in total. The van der Waals surface area contributed by atoms with Crippen LogP contribution >= 0.6 is 0 Å². The number of nitrogens with one attached hydrogen (secondary N) is 2. The molecular formula is C17H22FN5O4. The van der Waals surface area contributed by atoms with Crippen molar-refractivity contribution in [1.29, 1.82) is 0 Å². The number of amides is 2. The van der Waals surface area contributed by atoms with Crippen molar-refractivity contribution in [3.8, 4) is 5.75 Å². The van der Waals surface area contributed by atoms with Crippen LogP contribution in [0.25, 0.3) is 0 Å². The Hall–Kier alpha value is -2.91. The molecule has 0 aliphatic carbocycles. The monoisotopic (exact) mass is 379 g/mol. The number of hydrogen-bond donors (Lipinski definition) is 3. The minimum absolute atomic E-state index is 0.0498. The van der Waals surface area contributed by atoms with Crippen molar-refractivity contribution in [2.75, 3.05) is 37.7 Å². The van der Waals surface area contributed by atoms with Gasteiger partial charge in [0.2, 0.25) is 11.9 Å². The number of anilines is 1. The standard InChI is InChI=1S/C17H22FN5O4/c18-5-12(6-21-16(25)26)9-27-13-7-19-15(20-8-13)23-3-1-2-17(11-23)4-14(24)22-10-17/h5,7-8,21H,1-4,6,9-11H2,(H,22,24)(H,25,26)/b12-5+. The molecule has 2 fully saturated rings. The highest BCUT2D eigenvalue weighted by molar-refractivity contribution is 5.79. The molecule has 1 aromatic rings. The third-order valence-electron chi connectivity index (χ3n) is 4.80. The van der Waals surface area contributed by atoms with Crippen LogP contribution < -0.4 is 20.3 Å². The molecule has 2 amide bonds. The normalized spacial score (nSPS) is 22.6. The number of aromatic nitrogens is 2. The van der Waals surface area contributed by atoms with Crippen molar-refractivity contribution in [3.63, 3.8) is 0 Å². The van der Waals surface area contributed by atoms with Crippen LogP contribution in [-0.2, 0) is 4.79 Å². The van der Waals surface area contributed by atoms with Gasteiger partial charge < -0.3 is 25.4 Å². The molecule has 1 aromatic heterocycles. The van der Waals surface area contributed by atoms with Gasteiger partial charge in [-0.25, -0.2) is 19.2 Å². The highest BCUT2D eigenvalue weighted by Gasteiger charge is 2.42. The molecule has 146 valence electrons. The zero-order valence-electron chi connectivity index (χ0n) is 14.8. The topological polar surface area (TPSA) is 117 Å². The van der Waals surface area contributed by atoms with Gasteiger partial charge in [-0.1, -0.05) is 0 Å². The molecule has 2 aliphatic rings. The first kappa shape index (κ1) is 18.9. The lowest BCUT2D eigenvalue weighted by atomic mass is 9.79. The van der Waals surface area contributed by atoms with Gasteiger partial charge in [0, 0.05) is 43.6 Å². The van der Waals surface area contributed by atoms with Crippen molar-refractivity contribution in [2.24, 2.45) is 5.41 Å². The molecule has 0 aromatic carbocycles. The third kappa shape index (κ3) is 4.83. The molecular weight excluding hydrogens is 357 g/mol.